The molecule has 2 heterocycles. The Labute approximate surface area is 155 Å². The lowest BCUT2D eigenvalue weighted by atomic mass is 9.97. The number of carbonyl (C=O) groups is 2. The first-order valence-corrected chi connectivity index (χ1v) is 9.53. The highest BCUT2D eigenvalue weighted by Crippen LogP contribution is 2.19. The van der Waals surface area contributed by atoms with Gasteiger partial charge >= 0.3 is 0 Å². The van der Waals surface area contributed by atoms with Crippen molar-refractivity contribution in [1.82, 2.24) is 20.1 Å². The highest BCUT2D eigenvalue weighted by Gasteiger charge is 2.22. The first-order valence-electron chi connectivity index (χ1n) is 9.53. The van der Waals surface area contributed by atoms with Crippen LogP contribution in [-0.4, -0.2) is 66.4 Å². The van der Waals surface area contributed by atoms with Gasteiger partial charge in [-0.25, -0.2) is 0 Å². The maximum Gasteiger partial charge on any atom is 0.272 e. The molecule has 1 fully saturated rings. The van der Waals surface area contributed by atoms with Gasteiger partial charge < -0.3 is 15.1 Å². The summed E-state index contributed by atoms with van der Waals surface area (Å²) >= 11 is 0. The summed E-state index contributed by atoms with van der Waals surface area (Å²) in [5.74, 6) is -0.239. The fourth-order valence-corrected chi connectivity index (χ4v) is 3.43. The fraction of sp³-hybridized carbons (Fsp3) is 0.550. The van der Waals surface area contributed by atoms with Crippen molar-refractivity contribution in [3.05, 3.63) is 41.2 Å². The van der Waals surface area contributed by atoms with Gasteiger partial charge in [0, 0.05) is 44.5 Å². The van der Waals surface area contributed by atoms with Crippen LogP contribution in [-0.2, 0) is 0 Å². The second-order valence-electron chi connectivity index (χ2n) is 7.14. The number of rotatable bonds is 5. The molecule has 26 heavy (non-hydrogen) atoms. The van der Waals surface area contributed by atoms with Crippen molar-refractivity contribution in [1.29, 1.82) is 0 Å². The van der Waals surface area contributed by atoms with Crippen LogP contribution < -0.4 is 5.32 Å². The average Bonchev–Trinajstić information content (AvgIpc) is 2.69. The second-order valence-corrected chi connectivity index (χ2v) is 7.14. The van der Waals surface area contributed by atoms with Crippen LogP contribution in [0.3, 0.4) is 0 Å². The summed E-state index contributed by atoms with van der Waals surface area (Å²) in [5.41, 5.74) is 2.28. The minimum Gasteiger partial charge on any atom is -0.352 e. The molecule has 1 saturated heterocycles. The molecule has 1 aliphatic heterocycles. The molecule has 1 aliphatic carbocycles. The Morgan fingerprint density at radius 3 is 2.73 bits per heavy atom. The van der Waals surface area contributed by atoms with E-state index in [-0.39, 0.29) is 11.8 Å². The van der Waals surface area contributed by atoms with Crippen LogP contribution in [0.2, 0.25) is 0 Å². The number of nitrogens with one attached hydrogen (secondary N) is 1. The molecule has 0 saturated carbocycles. The summed E-state index contributed by atoms with van der Waals surface area (Å²) in [6.45, 7) is 3.75. The van der Waals surface area contributed by atoms with E-state index in [4.69, 9.17) is 0 Å². The maximum atomic E-state index is 12.6. The number of hydrogen-bond donors (Lipinski definition) is 1. The van der Waals surface area contributed by atoms with Crippen molar-refractivity contribution >= 4 is 11.8 Å². The van der Waals surface area contributed by atoms with Crippen molar-refractivity contribution in [2.24, 2.45) is 0 Å². The zero-order chi connectivity index (χ0) is 18.4. The SMILES string of the molecule is CN1CCN(C(=O)c2cc(C(=O)NCCC3=CCCCC3)ccn2)CC1. The summed E-state index contributed by atoms with van der Waals surface area (Å²) in [5, 5.41) is 2.96. The molecule has 1 aromatic rings. The third-order valence-corrected chi connectivity index (χ3v) is 5.15. The lowest BCUT2D eigenvalue weighted by Gasteiger charge is -2.32. The number of nitrogens with zero attached hydrogens (tertiary/aromatic N) is 3. The predicted octanol–water partition coefficient (Wildman–Crippen LogP) is 2.09. The Hall–Kier alpha value is -2.21. The minimum atomic E-state index is -0.142. The number of likely N-dealkylation sites (N-methyl/N-ethyl adjacent to an activating group) is 1. The highest BCUT2D eigenvalue weighted by molar-refractivity contribution is 5.98. The Bertz CT molecular complexity index is 678. The van der Waals surface area contributed by atoms with Crippen LogP contribution in [0.25, 0.3) is 0 Å². The number of allylic oxidation sites excluding steroid dienone is 1. The zero-order valence-electron chi connectivity index (χ0n) is 15.5. The number of aromatic nitrogens is 1. The molecule has 0 unspecified atom stereocenters. The van der Waals surface area contributed by atoms with Crippen molar-refractivity contribution in [3.63, 3.8) is 0 Å². The Morgan fingerprint density at radius 2 is 2.00 bits per heavy atom. The lowest BCUT2D eigenvalue weighted by molar-refractivity contribution is 0.0658. The Kier molecular flexibility index (Phi) is 6.39. The molecule has 2 aliphatic rings. The van der Waals surface area contributed by atoms with Gasteiger partial charge in [-0.05, 0) is 51.3 Å². The van der Waals surface area contributed by atoms with Gasteiger partial charge in [0.05, 0.1) is 0 Å². The van der Waals surface area contributed by atoms with E-state index in [1.54, 1.807) is 23.2 Å². The molecule has 2 amide bonds. The second kappa shape index (κ2) is 8.94. The Balaban J connectivity index is 1.55. The number of hydrogen-bond acceptors (Lipinski definition) is 4. The van der Waals surface area contributed by atoms with Gasteiger partial charge in [-0.2, -0.15) is 0 Å². The largest absolute Gasteiger partial charge is 0.352 e. The van der Waals surface area contributed by atoms with Crippen molar-refractivity contribution in [2.45, 2.75) is 32.1 Å². The molecule has 6 heteroatoms. The summed E-state index contributed by atoms with van der Waals surface area (Å²) in [4.78, 5) is 33.2. The van der Waals surface area contributed by atoms with Crippen LogP contribution in [0, 0.1) is 0 Å². The van der Waals surface area contributed by atoms with Gasteiger partial charge in [0.2, 0.25) is 0 Å². The summed E-state index contributed by atoms with van der Waals surface area (Å²) < 4.78 is 0. The smallest absolute Gasteiger partial charge is 0.272 e. The third-order valence-electron chi connectivity index (χ3n) is 5.15. The minimum absolute atomic E-state index is 0.0971. The van der Waals surface area contributed by atoms with Gasteiger partial charge in [0.25, 0.3) is 11.8 Å². The van der Waals surface area contributed by atoms with E-state index in [9.17, 15) is 9.59 Å². The van der Waals surface area contributed by atoms with E-state index in [0.29, 0.717) is 30.9 Å². The highest BCUT2D eigenvalue weighted by atomic mass is 16.2. The van der Waals surface area contributed by atoms with Crippen LogP contribution in [0.4, 0.5) is 0 Å². The molecule has 0 radical (unpaired) electrons. The van der Waals surface area contributed by atoms with E-state index in [1.165, 1.54) is 18.4 Å². The zero-order valence-corrected chi connectivity index (χ0v) is 15.5. The summed E-state index contributed by atoms with van der Waals surface area (Å²) in [6, 6.07) is 3.27. The quantitative estimate of drug-likeness (QED) is 0.821. The number of amides is 2. The monoisotopic (exact) mass is 356 g/mol. The van der Waals surface area contributed by atoms with Crippen LogP contribution in [0.1, 0.15) is 53.0 Å². The molecule has 0 spiro atoms. The fourth-order valence-electron chi connectivity index (χ4n) is 3.43. The molecule has 6 nitrogen and oxygen atoms in total. The summed E-state index contributed by atoms with van der Waals surface area (Å²) in [7, 11) is 2.05. The first-order chi connectivity index (χ1) is 12.6. The van der Waals surface area contributed by atoms with Crippen LogP contribution in [0.15, 0.2) is 30.0 Å². The first kappa shape index (κ1) is 18.6. The number of pyridine rings is 1. The van der Waals surface area contributed by atoms with Crippen LogP contribution >= 0.6 is 0 Å². The van der Waals surface area contributed by atoms with E-state index in [2.05, 4.69) is 21.3 Å². The van der Waals surface area contributed by atoms with Gasteiger partial charge in [0.15, 0.2) is 0 Å². The van der Waals surface area contributed by atoms with Crippen molar-refractivity contribution in [2.75, 3.05) is 39.8 Å². The van der Waals surface area contributed by atoms with E-state index in [1.807, 2.05) is 7.05 Å². The van der Waals surface area contributed by atoms with E-state index in [0.717, 1.165) is 32.4 Å². The third kappa shape index (κ3) is 4.91. The topological polar surface area (TPSA) is 65.5 Å². The van der Waals surface area contributed by atoms with Gasteiger partial charge in [-0.1, -0.05) is 11.6 Å². The molecule has 140 valence electrons. The lowest BCUT2D eigenvalue weighted by Crippen LogP contribution is -2.47. The molecular formula is C20H28N4O2. The molecule has 1 aromatic heterocycles. The Morgan fingerprint density at radius 1 is 1.19 bits per heavy atom. The van der Waals surface area contributed by atoms with E-state index >= 15 is 0 Å². The molecule has 0 atom stereocenters. The molecule has 0 bridgehead atoms. The molecule has 1 N–H and O–H groups in total. The van der Waals surface area contributed by atoms with E-state index < -0.39 is 0 Å². The van der Waals surface area contributed by atoms with Crippen molar-refractivity contribution < 1.29 is 9.59 Å². The predicted molar refractivity (Wildman–Crippen MR) is 101 cm³/mol. The van der Waals surface area contributed by atoms with Gasteiger partial charge in [-0.15, -0.1) is 0 Å². The van der Waals surface area contributed by atoms with Crippen molar-refractivity contribution in [3.8, 4) is 0 Å². The maximum absolute atomic E-state index is 12.6. The summed E-state index contributed by atoms with van der Waals surface area (Å²) in [6.07, 6.45) is 9.58. The van der Waals surface area contributed by atoms with Gasteiger partial charge in [-0.3, -0.25) is 14.6 Å². The molecular weight excluding hydrogens is 328 g/mol. The molecule has 0 aromatic carbocycles. The number of carbonyl (C=O) groups excluding carboxylic acids is 2. The average molecular weight is 356 g/mol. The normalized spacial score (nSPS) is 18.3. The molecule has 3 rings (SSSR count). The van der Waals surface area contributed by atoms with Gasteiger partial charge in [0.1, 0.15) is 5.69 Å². The number of piperazine rings is 1. The van der Waals surface area contributed by atoms with Crippen LogP contribution in [0.5, 0.6) is 0 Å². The standard InChI is InChI=1S/C20H28N4O2/c1-23-11-13-24(14-12-23)20(26)18-15-17(8-10-21-18)19(25)22-9-7-16-5-3-2-4-6-16/h5,8,10,15H,2-4,6-7,9,11-14H2,1H3,(H,22,25).